The Kier molecular flexibility index (Phi) is 3.31. The molecule has 1 saturated heterocycles. The Balaban J connectivity index is 1.94. The van der Waals surface area contributed by atoms with Gasteiger partial charge in [0.1, 0.15) is 0 Å². The zero-order valence-electron chi connectivity index (χ0n) is 8.55. The number of unbranched alkanes of at least 4 members (excludes halogenated alkanes) is 1. The molecular formula is C10H19NO2. The normalized spacial score (nSPS) is 21.1. The first-order chi connectivity index (χ1) is 5.99. The Bertz CT molecular complexity index is 181. The minimum atomic E-state index is -0.677. The van der Waals surface area contributed by atoms with Crippen LogP contribution in [0.15, 0.2) is 0 Å². The van der Waals surface area contributed by atoms with E-state index < -0.39 is 5.97 Å². The monoisotopic (exact) mass is 185 g/mol. The number of carbonyl (C=O) groups is 1. The molecule has 3 heteroatoms. The maximum atomic E-state index is 10.2. The summed E-state index contributed by atoms with van der Waals surface area (Å²) in [6, 6.07) is 0. The molecule has 0 spiro atoms. The number of rotatable bonds is 5. The molecule has 1 heterocycles. The molecule has 0 amide bonds. The molecule has 0 aromatic carbocycles. The van der Waals surface area contributed by atoms with E-state index in [0.717, 1.165) is 19.4 Å². The van der Waals surface area contributed by atoms with Gasteiger partial charge in [-0.15, -0.1) is 0 Å². The highest BCUT2D eigenvalue weighted by Gasteiger charge is 2.32. The van der Waals surface area contributed by atoms with Crippen LogP contribution in [-0.2, 0) is 4.79 Å². The van der Waals surface area contributed by atoms with Crippen LogP contribution in [0.4, 0.5) is 0 Å². The maximum Gasteiger partial charge on any atom is 0.303 e. The van der Waals surface area contributed by atoms with E-state index in [1.807, 2.05) is 0 Å². The molecule has 1 aliphatic heterocycles. The smallest absolute Gasteiger partial charge is 0.303 e. The van der Waals surface area contributed by atoms with Crippen LogP contribution < -0.4 is 0 Å². The Morgan fingerprint density at radius 1 is 1.38 bits per heavy atom. The summed E-state index contributed by atoms with van der Waals surface area (Å²) in [6.45, 7) is 7.93. The van der Waals surface area contributed by atoms with Gasteiger partial charge in [0, 0.05) is 19.5 Å². The van der Waals surface area contributed by atoms with Crippen molar-refractivity contribution < 1.29 is 9.90 Å². The standard InChI is InChI=1S/C10H19NO2/c1-10(2)7-11(8-10)6-4-3-5-9(12)13/h3-8H2,1-2H3,(H,12,13). The molecule has 0 unspecified atom stereocenters. The predicted molar refractivity (Wildman–Crippen MR) is 51.7 cm³/mol. The fourth-order valence-electron chi connectivity index (χ4n) is 1.93. The third kappa shape index (κ3) is 3.77. The molecule has 0 saturated carbocycles. The first-order valence-corrected chi connectivity index (χ1v) is 4.94. The molecule has 0 aromatic rings. The van der Waals surface area contributed by atoms with Crippen molar-refractivity contribution in [2.75, 3.05) is 19.6 Å². The van der Waals surface area contributed by atoms with Crippen molar-refractivity contribution in [3.8, 4) is 0 Å². The number of hydrogen-bond acceptors (Lipinski definition) is 2. The second-order valence-corrected chi connectivity index (χ2v) is 4.73. The Morgan fingerprint density at radius 2 is 2.00 bits per heavy atom. The minimum absolute atomic E-state index is 0.317. The lowest BCUT2D eigenvalue weighted by atomic mass is 9.84. The summed E-state index contributed by atoms with van der Waals surface area (Å²) in [5, 5.41) is 8.42. The first-order valence-electron chi connectivity index (χ1n) is 4.94. The number of carboxylic acid groups (broad SMARTS) is 1. The molecule has 0 atom stereocenters. The fraction of sp³-hybridized carbons (Fsp3) is 0.900. The van der Waals surface area contributed by atoms with Crippen molar-refractivity contribution >= 4 is 5.97 Å². The van der Waals surface area contributed by atoms with Crippen LogP contribution in [0, 0.1) is 5.41 Å². The number of hydrogen-bond donors (Lipinski definition) is 1. The van der Waals surface area contributed by atoms with E-state index in [4.69, 9.17) is 5.11 Å². The van der Waals surface area contributed by atoms with Crippen molar-refractivity contribution in [3.05, 3.63) is 0 Å². The van der Waals surface area contributed by atoms with Crippen LogP contribution in [-0.4, -0.2) is 35.6 Å². The van der Waals surface area contributed by atoms with Crippen LogP contribution in [0.25, 0.3) is 0 Å². The summed E-state index contributed by atoms with van der Waals surface area (Å²) in [5.74, 6) is -0.677. The lowest BCUT2D eigenvalue weighted by Crippen LogP contribution is -2.52. The third-order valence-electron chi connectivity index (χ3n) is 2.42. The van der Waals surface area contributed by atoms with Crippen LogP contribution >= 0.6 is 0 Å². The molecule has 3 nitrogen and oxygen atoms in total. The molecule has 0 radical (unpaired) electrons. The molecule has 0 aromatic heterocycles. The van der Waals surface area contributed by atoms with Crippen molar-refractivity contribution in [2.45, 2.75) is 33.1 Å². The molecule has 1 aliphatic rings. The Labute approximate surface area is 79.7 Å². The third-order valence-corrected chi connectivity index (χ3v) is 2.42. The van der Waals surface area contributed by atoms with Crippen LogP contribution in [0.3, 0.4) is 0 Å². The number of likely N-dealkylation sites (tertiary alicyclic amines) is 1. The Hall–Kier alpha value is -0.570. The van der Waals surface area contributed by atoms with Crippen LogP contribution in [0.5, 0.6) is 0 Å². The second-order valence-electron chi connectivity index (χ2n) is 4.73. The van der Waals surface area contributed by atoms with Crippen molar-refractivity contribution in [1.29, 1.82) is 0 Å². The second kappa shape index (κ2) is 4.09. The summed E-state index contributed by atoms with van der Waals surface area (Å²) in [5.41, 5.74) is 0.493. The summed E-state index contributed by atoms with van der Waals surface area (Å²) in [6.07, 6.45) is 2.14. The van der Waals surface area contributed by atoms with E-state index in [1.165, 1.54) is 13.1 Å². The number of aliphatic carboxylic acids is 1. The van der Waals surface area contributed by atoms with Gasteiger partial charge >= 0.3 is 5.97 Å². The topological polar surface area (TPSA) is 40.5 Å². The maximum absolute atomic E-state index is 10.2. The van der Waals surface area contributed by atoms with Gasteiger partial charge in [0.15, 0.2) is 0 Å². The van der Waals surface area contributed by atoms with Gasteiger partial charge in [-0.25, -0.2) is 0 Å². The molecule has 13 heavy (non-hydrogen) atoms. The van der Waals surface area contributed by atoms with E-state index >= 15 is 0 Å². The van der Waals surface area contributed by atoms with E-state index in [2.05, 4.69) is 18.7 Å². The van der Waals surface area contributed by atoms with Crippen molar-refractivity contribution in [1.82, 2.24) is 4.90 Å². The lowest BCUT2D eigenvalue weighted by molar-refractivity contribution is -0.137. The van der Waals surface area contributed by atoms with E-state index in [9.17, 15) is 4.79 Å². The minimum Gasteiger partial charge on any atom is -0.481 e. The van der Waals surface area contributed by atoms with Gasteiger partial charge in [-0.1, -0.05) is 13.8 Å². The quantitative estimate of drug-likeness (QED) is 0.661. The van der Waals surface area contributed by atoms with Gasteiger partial charge < -0.3 is 10.0 Å². The van der Waals surface area contributed by atoms with E-state index in [-0.39, 0.29) is 0 Å². The largest absolute Gasteiger partial charge is 0.481 e. The van der Waals surface area contributed by atoms with Crippen LogP contribution in [0.1, 0.15) is 33.1 Å². The molecule has 0 aliphatic carbocycles. The first kappa shape index (κ1) is 10.5. The van der Waals surface area contributed by atoms with Gasteiger partial charge in [-0.2, -0.15) is 0 Å². The SMILES string of the molecule is CC1(C)CN(CCCCC(=O)O)C1. The molecule has 0 bridgehead atoms. The van der Waals surface area contributed by atoms with Gasteiger partial charge in [0.25, 0.3) is 0 Å². The van der Waals surface area contributed by atoms with Gasteiger partial charge in [-0.3, -0.25) is 4.79 Å². The average molecular weight is 185 g/mol. The highest BCUT2D eigenvalue weighted by atomic mass is 16.4. The zero-order chi connectivity index (χ0) is 9.90. The molecule has 76 valence electrons. The van der Waals surface area contributed by atoms with Gasteiger partial charge in [0.2, 0.25) is 0 Å². The highest BCUT2D eigenvalue weighted by molar-refractivity contribution is 5.66. The highest BCUT2D eigenvalue weighted by Crippen LogP contribution is 2.28. The lowest BCUT2D eigenvalue weighted by Gasteiger charge is -2.46. The fourth-order valence-corrected chi connectivity index (χ4v) is 1.93. The average Bonchev–Trinajstić information content (AvgIpc) is 1.93. The molecule has 1 rings (SSSR count). The van der Waals surface area contributed by atoms with E-state index in [0.29, 0.717) is 11.8 Å². The predicted octanol–water partition coefficient (Wildman–Crippen LogP) is 1.58. The van der Waals surface area contributed by atoms with Gasteiger partial charge in [-0.05, 0) is 24.8 Å². The number of nitrogens with zero attached hydrogens (tertiary/aromatic N) is 1. The van der Waals surface area contributed by atoms with Crippen LogP contribution in [0.2, 0.25) is 0 Å². The summed E-state index contributed by atoms with van der Waals surface area (Å²) >= 11 is 0. The summed E-state index contributed by atoms with van der Waals surface area (Å²) in [7, 11) is 0. The van der Waals surface area contributed by atoms with Crippen molar-refractivity contribution in [3.63, 3.8) is 0 Å². The summed E-state index contributed by atoms with van der Waals surface area (Å²) in [4.78, 5) is 12.6. The Morgan fingerprint density at radius 3 is 2.46 bits per heavy atom. The van der Waals surface area contributed by atoms with Gasteiger partial charge in [0.05, 0.1) is 0 Å². The zero-order valence-corrected chi connectivity index (χ0v) is 8.55. The van der Waals surface area contributed by atoms with Crippen molar-refractivity contribution in [2.24, 2.45) is 5.41 Å². The van der Waals surface area contributed by atoms with E-state index in [1.54, 1.807) is 0 Å². The summed E-state index contributed by atoms with van der Waals surface area (Å²) < 4.78 is 0. The molecular weight excluding hydrogens is 166 g/mol. The molecule has 1 N–H and O–H groups in total. The number of carboxylic acids is 1. The molecule has 1 fully saturated rings.